The molecule has 4 rings (SSSR count). The van der Waals surface area contributed by atoms with Crippen molar-refractivity contribution in [2.24, 2.45) is 0 Å². The van der Waals surface area contributed by atoms with Gasteiger partial charge < -0.3 is 25.6 Å². The lowest BCUT2D eigenvalue weighted by molar-refractivity contribution is -0.376. The SMILES string of the molecule is COc1ccc(C2=CSC(=c3ccc(=C4C=CC=CC4=[N+]([O-])[O-])c(C(=O)O)c3)N2)cc1. The lowest BCUT2D eigenvalue weighted by Gasteiger charge is -2.12. The van der Waals surface area contributed by atoms with E-state index < -0.39 is 10.9 Å². The summed E-state index contributed by atoms with van der Waals surface area (Å²) in [6.45, 7) is 0. The molecule has 0 radical (unpaired) electrons. The first kappa shape index (κ1) is 20.4. The van der Waals surface area contributed by atoms with Crippen LogP contribution in [0.4, 0.5) is 0 Å². The van der Waals surface area contributed by atoms with Gasteiger partial charge in [-0.3, -0.25) is 0 Å². The minimum atomic E-state index is -1.15. The fourth-order valence-electron chi connectivity index (χ4n) is 3.31. The van der Waals surface area contributed by atoms with E-state index in [0.717, 1.165) is 22.0 Å². The van der Waals surface area contributed by atoms with Crippen LogP contribution in [0.2, 0.25) is 0 Å². The van der Waals surface area contributed by atoms with Gasteiger partial charge in [-0.05, 0) is 42.0 Å². The molecule has 8 heteroatoms. The normalized spacial score (nSPS) is 18.5. The second-order valence-electron chi connectivity index (χ2n) is 6.67. The van der Waals surface area contributed by atoms with Gasteiger partial charge in [-0.15, -0.1) is 0 Å². The Labute approximate surface area is 181 Å². The Balaban J connectivity index is 1.77. The van der Waals surface area contributed by atoms with Gasteiger partial charge in [0.05, 0.1) is 29.0 Å². The molecule has 2 aliphatic rings. The Morgan fingerprint density at radius 3 is 2.52 bits per heavy atom. The first-order valence-corrected chi connectivity index (χ1v) is 10.1. The van der Waals surface area contributed by atoms with Gasteiger partial charge in [0.2, 0.25) is 5.71 Å². The summed E-state index contributed by atoms with van der Waals surface area (Å²) in [6, 6.07) is 12.5. The number of hydrogen-bond donors (Lipinski definition) is 2. The lowest BCUT2D eigenvalue weighted by atomic mass is 9.99. The van der Waals surface area contributed by atoms with Crippen LogP contribution in [0.25, 0.3) is 16.3 Å². The molecule has 0 unspecified atom stereocenters. The van der Waals surface area contributed by atoms with E-state index in [1.165, 1.54) is 23.9 Å². The zero-order valence-corrected chi connectivity index (χ0v) is 17.2. The van der Waals surface area contributed by atoms with Gasteiger partial charge in [0, 0.05) is 21.9 Å². The molecule has 2 aromatic rings. The topological polar surface area (TPSA) is 108 Å². The van der Waals surface area contributed by atoms with E-state index in [9.17, 15) is 20.3 Å². The highest BCUT2D eigenvalue weighted by Crippen LogP contribution is 2.30. The molecule has 2 N–H and O–H groups in total. The molecule has 0 atom stereocenters. The number of allylic oxidation sites excluding steroid dienone is 4. The molecule has 0 spiro atoms. The van der Waals surface area contributed by atoms with E-state index in [2.05, 4.69) is 5.32 Å². The van der Waals surface area contributed by atoms with Crippen LogP contribution in [-0.2, 0) is 0 Å². The smallest absolute Gasteiger partial charge is 0.336 e. The largest absolute Gasteiger partial charge is 0.612 e. The van der Waals surface area contributed by atoms with Gasteiger partial charge in [0.15, 0.2) is 0 Å². The third-order valence-electron chi connectivity index (χ3n) is 4.85. The Morgan fingerprint density at radius 2 is 1.84 bits per heavy atom. The molecule has 156 valence electrons. The fourth-order valence-corrected chi connectivity index (χ4v) is 4.17. The minimum Gasteiger partial charge on any atom is -0.612 e. The van der Waals surface area contributed by atoms with E-state index in [-0.39, 0.29) is 16.8 Å². The summed E-state index contributed by atoms with van der Waals surface area (Å²) >= 11 is 1.45. The maximum Gasteiger partial charge on any atom is 0.336 e. The van der Waals surface area contributed by atoms with Crippen molar-refractivity contribution in [2.45, 2.75) is 0 Å². The highest BCUT2D eigenvalue weighted by molar-refractivity contribution is 8.11. The monoisotopic (exact) mass is 433 g/mol. The van der Waals surface area contributed by atoms with Crippen molar-refractivity contribution < 1.29 is 19.5 Å². The van der Waals surface area contributed by atoms with Gasteiger partial charge in [-0.1, -0.05) is 36.0 Å². The number of nitrogens with zero attached hydrogens (tertiary/aromatic N) is 1. The maximum atomic E-state index is 12.0. The molecule has 2 aromatic carbocycles. The highest BCUT2D eigenvalue weighted by Gasteiger charge is 2.18. The number of benzene rings is 2. The molecule has 31 heavy (non-hydrogen) atoms. The molecule has 0 amide bonds. The molecule has 0 saturated carbocycles. The zero-order valence-electron chi connectivity index (χ0n) is 16.4. The van der Waals surface area contributed by atoms with Crippen LogP contribution in [0.5, 0.6) is 5.75 Å². The number of carboxylic acid groups (broad SMARTS) is 1. The summed E-state index contributed by atoms with van der Waals surface area (Å²) in [5, 5.41) is 39.6. The highest BCUT2D eigenvalue weighted by atomic mass is 32.2. The van der Waals surface area contributed by atoms with E-state index in [0.29, 0.717) is 10.4 Å². The Bertz CT molecular complexity index is 1300. The summed E-state index contributed by atoms with van der Waals surface area (Å²) in [4.78, 5) is 11.4. The first-order chi connectivity index (χ1) is 15.0. The van der Waals surface area contributed by atoms with Crippen LogP contribution in [0.15, 0.2) is 72.2 Å². The number of rotatable bonds is 3. The molecular formula is C23H17N2O5S-. The van der Waals surface area contributed by atoms with Crippen LogP contribution in [-0.4, -0.2) is 28.8 Å². The summed E-state index contributed by atoms with van der Waals surface area (Å²) < 4.78 is 5.18. The van der Waals surface area contributed by atoms with Crippen LogP contribution in [0, 0.1) is 10.4 Å². The molecule has 0 aromatic heterocycles. The van der Waals surface area contributed by atoms with Crippen LogP contribution in [0.3, 0.4) is 0 Å². The second-order valence-corrected chi connectivity index (χ2v) is 7.55. The number of ether oxygens (including phenoxy) is 1. The van der Waals surface area contributed by atoms with Crippen LogP contribution < -0.4 is 20.5 Å². The summed E-state index contributed by atoms with van der Waals surface area (Å²) in [7, 11) is 1.61. The molecule has 0 fully saturated rings. The van der Waals surface area contributed by atoms with E-state index in [1.807, 2.05) is 29.7 Å². The van der Waals surface area contributed by atoms with Gasteiger partial charge in [-0.2, -0.15) is 4.90 Å². The summed E-state index contributed by atoms with van der Waals surface area (Å²) in [5.41, 5.74) is 1.99. The Morgan fingerprint density at radius 1 is 1.10 bits per heavy atom. The minimum absolute atomic E-state index is 0.000373. The van der Waals surface area contributed by atoms with Crippen molar-refractivity contribution >= 4 is 39.7 Å². The number of carbonyl (C=O) groups is 1. The van der Waals surface area contributed by atoms with Crippen molar-refractivity contribution in [1.29, 1.82) is 0 Å². The van der Waals surface area contributed by atoms with Crippen LogP contribution >= 0.6 is 11.8 Å². The predicted molar refractivity (Wildman–Crippen MR) is 121 cm³/mol. The van der Waals surface area contributed by atoms with Gasteiger partial charge in [0.25, 0.3) is 0 Å². The van der Waals surface area contributed by atoms with Gasteiger partial charge >= 0.3 is 5.97 Å². The molecule has 1 aliphatic heterocycles. The lowest BCUT2D eigenvalue weighted by Crippen LogP contribution is -2.27. The number of aromatic carboxylic acids is 1. The third-order valence-corrected chi connectivity index (χ3v) is 5.77. The number of carboxylic acids is 1. The van der Waals surface area contributed by atoms with Crippen molar-refractivity contribution in [1.82, 2.24) is 5.32 Å². The number of thioether (sulfide) groups is 1. The summed E-state index contributed by atoms with van der Waals surface area (Å²) in [6.07, 6.45) is 6.12. The van der Waals surface area contributed by atoms with Crippen molar-refractivity contribution in [2.75, 3.05) is 7.11 Å². The molecule has 1 heterocycles. The zero-order chi connectivity index (χ0) is 22.0. The van der Waals surface area contributed by atoms with Crippen molar-refractivity contribution in [3.63, 3.8) is 0 Å². The molecule has 7 nitrogen and oxygen atoms in total. The predicted octanol–water partition coefficient (Wildman–Crippen LogP) is 2.52. The van der Waals surface area contributed by atoms with Gasteiger partial charge in [-0.25, -0.2) is 4.79 Å². The number of hydrogen-bond acceptors (Lipinski definition) is 6. The average Bonchev–Trinajstić information content (AvgIpc) is 3.29. The fraction of sp³-hybridized carbons (Fsp3) is 0.0435. The Hall–Kier alpha value is -3.91. The quantitative estimate of drug-likeness (QED) is 0.566. The number of nitrogens with one attached hydrogen (secondary N) is 1. The molecule has 1 aliphatic carbocycles. The maximum absolute atomic E-state index is 12.0. The molecular weight excluding hydrogens is 416 g/mol. The molecule has 0 saturated heterocycles. The molecule has 0 bridgehead atoms. The van der Waals surface area contributed by atoms with E-state index in [1.54, 1.807) is 37.5 Å². The van der Waals surface area contributed by atoms with E-state index in [4.69, 9.17) is 4.74 Å². The van der Waals surface area contributed by atoms with Crippen LogP contribution in [0.1, 0.15) is 15.9 Å². The Kier molecular flexibility index (Phi) is 5.55. The summed E-state index contributed by atoms with van der Waals surface area (Å²) in [5.74, 6) is -0.391. The number of methoxy groups -OCH3 is 1. The first-order valence-electron chi connectivity index (χ1n) is 9.24. The van der Waals surface area contributed by atoms with E-state index >= 15 is 0 Å². The average molecular weight is 433 g/mol. The van der Waals surface area contributed by atoms with Gasteiger partial charge in [0.1, 0.15) is 5.75 Å². The van der Waals surface area contributed by atoms with Crippen molar-refractivity contribution in [3.8, 4) is 5.75 Å². The standard InChI is InChI=1S/C23H17N2O5S/c1-30-16-9-6-14(7-10-16)20-13-31-22(24-20)15-8-11-17(19(12-15)23(26)27)18-4-2-3-5-21(18)25(28)29/h2-13,24H,1H3,(H-,26,27,28,29)/q-1. The second kappa shape index (κ2) is 8.45. The third kappa shape index (κ3) is 4.06. The van der Waals surface area contributed by atoms with Crippen molar-refractivity contribution in [3.05, 3.63) is 104 Å².